The van der Waals surface area contributed by atoms with Gasteiger partial charge in [0, 0.05) is 0 Å². The molecule has 3 aromatic carbocycles. The zero-order chi connectivity index (χ0) is 17.3. The largest absolute Gasteiger partial charge is 0.484 e. The number of para-hydroxylation sites is 1. The van der Waals surface area contributed by atoms with Gasteiger partial charge in [-0.25, -0.2) is 0 Å². The van der Waals surface area contributed by atoms with E-state index in [-0.39, 0.29) is 18.6 Å². The molecular formula is C22H21NO2. The first-order valence-electron chi connectivity index (χ1n) is 8.37. The van der Waals surface area contributed by atoms with Crippen molar-refractivity contribution in [3.05, 3.63) is 102 Å². The van der Waals surface area contributed by atoms with Crippen molar-refractivity contribution in [2.75, 3.05) is 6.61 Å². The van der Waals surface area contributed by atoms with E-state index in [2.05, 4.69) is 17.4 Å². The van der Waals surface area contributed by atoms with Gasteiger partial charge in [-0.2, -0.15) is 0 Å². The highest BCUT2D eigenvalue weighted by Crippen LogP contribution is 2.18. The summed E-state index contributed by atoms with van der Waals surface area (Å²) in [4.78, 5) is 12.4. The van der Waals surface area contributed by atoms with Gasteiger partial charge in [0.05, 0.1) is 6.04 Å². The van der Waals surface area contributed by atoms with Crippen molar-refractivity contribution < 1.29 is 9.53 Å². The van der Waals surface area contributed by atoms with Crippen LogP contribution < -0.4 is 10.1 Å². The molecule has 0 aromatic heterocycles. The molecule has 0 bridgehead atoms. The van der Waals surface area contributed by atoms with Crippen molar-refractivity contribution >= 4 is 5.91 Å². The molecule has 0 aliphatic rings. The number of carbonyl (C=O) groups is 1. The predicted octanol–water partition coefficient (Wildman–Crippen LogP) is 4.17. The Labute approximate surface area is 148 Å². The molecule has 3 rings (SSSR count). The van der Waals surface area contributed by atoms with Crippen LogP contribution >= 0.6 is 0 Å². The van der Waals surface area contributed by atoms with Gasteiger partial charge < -0.3 is 10.1 Å². The van der Waals surface area contributed by atoms with Crippen LogP contribution in [0.1, 0.15) is 17.2 Å². The zero-order valence-corrected chi connectivity index (χ0v) is 14.0. The maximum atomic E-state index is 12.4. The lowest BCUT2D eigenvalue weighted by Crippen LogP contribution is -2.33. The number of carbonyl (C=O) groups excluding carboxylic acids is 1. The summed E-state index contributed by atoms with van der Waals surface area (Å²) in [6.45, 7) is 0.00212. The molecule has 3 aromatic rings. The van der Waals surface area contributed by atoms with Crippen LogP contribution in [-0.2, 0) is 11.2 Å². The second kappa shape index (κ2) is 8.69. The summed E-state index contributed by atoms with van der Waals surface area (Å²) >= 11 is 0. The molecular weight excluding hydrogens is 310 g/mol. The number of nitrogens with one attached hydrogen (secondary N) is 1. The molecule has 126 valence electrons. The molecule has 0 saturated heterocycles. The predicted molar refractivity (Wildman–Crippen MR) is 99.4 cm³/mol. The third-order valence-corrected chi connectivity index (χ3v) is 3.93. The van der Waals surface area contributed by atoms with E-state index in [4.69, 9.17) is 4.74 Å². The molecule has 0 unspecified atom stereocenters. The Morgan fingerprint density at radius 3 is 2.00 bits per heavy atom. The number of hydrogen-bond acceptors (Lipinski definition) is 2. The first kappa shape index (κ1) is 16.8. The van der Waals surface area contributed by atoms with E-state index in [9.17, 15) is 4.79 Å². The molecule has 1 atom stereocenters. The highest BCUT2D eigenvalue weighted by Gasteiger charge is 2.15. The third kappa shape index (κ3) is 5.21. The lowest BCUT2D eigenvalue weighted by molar-refractivity contribution is -0.123. The number of rotatable bonds is 7. The van der Waals surface area contributed by atoms with Gasteiger partial charge in [-0.3, -0.25) is 4.79 Å². The van der Waals surface area contributed by atoms with E-state index in [1.807, 2.05) is 78.9 Å². The molecule has 0 aliphatic heterocycles. The van der Waals surface area contributed by atoms with E-state index in [0.29, 0.717) is 5.75 Å². The fourth-order valence-electron chi connectivity index (χ4n) is 2.69. The van der Waals surface area contributed by atoms with Crippen LogP contribution in [0.25, 0.3) is 0 Å². The number of benzene rings is 3. The number of ether oxygens (including phenoxy) is 1. The normalized spacial score (nSPS) is 11.5. The minimum absolute atomic E-state index is 0.00212. The minimum Gasteiger partial charge on any atom is -0.484 e. The first-order chi connectivity index (χ1) is 12.3. The lowest BCUT2D eigenvalue weighted by Gasteiger charge is -2.19. The molecule has 0 aliphatic carbocycles. The SMILES string of the molecule is O=C(COc1ccccc1)N[C@H](Cc1ccccc1)c1ccccc1. The van der Waals surface area contributed by atoms with Gasteiger partial charge in [-0.05, 0) is 29.7 Å². The van der Waals surface area contributed by atoms with Crippen LogP contribution in [0.3, 0.4) is 0 Å². The highest BCUT2D eigenvalue weighted by molar-refractivity contribution is 5.78. The van der Waals surface area contributed by atoms with Gasteiger partial charge in [0.1, 0.15) is 5.75 Å². The molecule has 0 saturated carbocycles. The van der Waals surface area contributed by atoms with E-state index >= 15 is 0 Å². The van der Waals surface area contributed by atoms with Gasteiger partial charge in [0.2, 0.25) is 0 Å². The third-order valence-electron chi connectivity index (χ3n) is 3.93. The molecule has 0 radical (unpaired) electrons. The second-order valence-corrected chi connectivity index (χ2v) is 5.82. The van der Waals surface area contributed by atoms with Crippen LogP contribution in [0.5, 0.6) is 5.75 Å². The van der Waals surface area contributed by atoms with E-state index < -0.39 is 0 Å². The first-order valence-corrected chi connectivity index (χ1v) is 8.37. The summed E-state index contributed by atoms with van der Waals surface area (Å²) in [5, 5.41) is 3.09. The van der Waals surface area contributed by atoms with Gasteiger partial charge in [-0.15, -0.1) is 0 Å². The summed E-state index contributed by atoms with van der Waals surface area (Å²) in [6.07, 6.45) is 0.738. The molecule has 0 fully saturated rings. The van der Waals surface area contributed by atoms with Crippen molar-refractivity contribution in [1.82, 2.24) is 5.32 Å². The Morgan fingerprint density at radius 2 is 1.36 bits per heavy atom. The van der Waals surface area contributed by atoms with E-state index in [1.54, 1.807) is 0 Å². The molecule has 25 heavy (non-hydrogen) atoms. The van der Waals surface area contributed by atoms with Crippen molar-refractivity contribution in [3.8, 4) is 5.75 Å². The van der Waals surface area contributed by atoms with E-state index in [0.717, 1.165) is 12.0 Å². The average Bonchev–Trinajstić information content (AvgIpc) is 2.68. The number of amides is 1. The topological polar surface area (TPSA) is 38.3 Å². The van der Waals surface area contributed by atoms with Gasteiger partial charge >= 0.3 is 0 Å². The molecule has 1 amide bonds. The van der Waals surface area contributed by atoms with Crippen LogP contribution in [0.15, 0.2) is 91.0 Å². The Balaban J connectivity index is 1.66. The standard InChI is InChI=1S/C22H21NO2/c24-22(17-25-20-14-8-3-9-15-20)23-21(19-12-6-2-7-13-19)16-18-10-4-1-5-11-18/h1-15,21H,16-17H2,(H,23,24)/t21-/m1/s1. The summed E-state index contributed by atoms with van der Waals surface area (Å²) in [5.41, 5.74) is 2.26. The second-order valence-electron chi connectivity index (χ2n) is 5.82. The Morgan fingerprint density at radius 1 is 0.800 bits per heavy atom. The molecule has 0 heterocycles. The Bertz CT molecular complexity index is 773. The maximum Gasteiger partial charge on any atom is 0.258 e. The smallest absolute Gasteiger partial charge is 0.258 e. The van der Waals surface area contributed by atoms with Crippen LogP contribution in [0.2, 0.25) is 0 Å². The average molecular weight is 331 g/mol. The van der Waals surface area contributed by atoms with Crippen molar-refractivity contribution in [1.29, 1.82) is 0 Å². The summed E-state index contributed by atoms with van der Waals surface area (Å²) in [7, 11) is 0. The Kier molecular flexibility index (Phi) is 5.83. The fraction of sp³-hybridized carbons (Fsp3) is 0.136. The van der Waals surface area contributed by atoms with Crippen LogP contribution in [0.4, 0.5) is 0 Å². The summed E-state index contributed by atoms with van der Waals surface area (Å²) < 4.78 is 5.54. The van der Waals surface area contributed by atoms with Crippen molar-refractivity contribution in [3.63, 3.8) is 0 Å². The van der Waals surface area contributed by atoms with Gasteiger partial charge in [0.15, 0.2) is 6.61 Å². The van der Waals surface area contributed by atoms with Crippen molar-refractivity contribution in [2.24, 2.45) is 0 Å². The summed E-state index contributed by atoms with van der Waals surface area (Å²) in [6, 6.07) is 29.5. The van der Waals surface area contributed by atoms with Gasteiger partial charge in [-0.1, -0.05) is 78.9 Å². The quantitative estimate of drug-likeness (QED) is 0.706. The lowest BCUT2D eigenvalue weighted by atomic mass is 9.99. The minimum atomic E-state index is -0.131. The summed E-state index contributed by atoms with van der Waals surface area (Å²) in [5.74, 6) is 0.561. The number of hydrogen-bond donors (Lipinski definition) is 1. The zero-order valence-electron chi connectivity index (χ0n) is 14.0. The van der Waals surface area contributed by atoms with Crippen molar-refractivity contribution in [2.45, 2.75) is 12.5 Å². The van der Waals surface area contributed by atoms with Gasteiger partial charge in [0.25, 0.3) is 5.91 Å². The monoisotopic (exact) mass is 331 g/mol. The fourth-order valence-corrected chi connectivity index (χ4v) is 2.69. The highest BCUT2D eigenvalue weighted by atomic mass is 16.5. The molecule has 1 N–H and O–H groups in total. The molecule has 3 heteroatoms. The molecule has 3 nitrogen and oxygen atoms in total. The maximum absolute atomic E-state index is 12.4. The van der Waals surface area contributed by atoms with E-state index in [1.165, 1.54) is 5.56 Å². The van der Waals surface area contributed by atoms with Crippen LogP contribution in [0, 0.1) is 0 Å². The molecule has 0 spiro atoms. The Hall–Kier alpha value is -3.07. The van der Waals surface area contributed by atoms with Crippen LogP contribution in [-0.4, -0.2) is 12.5 Å².